The van der Waals surface area contributed by atoms with Crippen molar-refractivity contribution in [3.8, 4) is 0 Å². The molecule has 2 N–H and O–H groups in total. The smallest absolute Gasteiger partial charge is 0.303 e. The van der Waals surface area contributed by atoms with Gasteiger partial charge >= 0.3 is 5.97 Å². The van der Waals surface area contributed by atoms with Crippen LogP contribution in [0.25, 0.3) is 0 Å². The van der Waals surface area contributed by atoms with Crippen LogP contribution in [0.15, 0.2) is 30.3 Å². The number of carbonyl (C=O) groups excluding carboxylic acids is 1. The van der Waals surface area contributed by atoms with Crippen LogP contribution in [-0.2, 0) is 9.59 Å². The van der Waals surface area contributed by atoms with Gasteiger partial charge < -0.3 is 15.3 Å². The first-order chi connectivity index (χ1) is 9.91. The van der Waals surface area contributed by atoms with E-state index >= 15 is 0 Å². The molecule has 5 nitrogen and oxygen atoms in total. The van der Waals surface area contributed by atoms with Gasteiger partial charge in [-0.05, 0) is 39.3 Å². The van der Waals surface area contributed by atoms with Crippen molar-refractivity contribution in [2.24, 2.45) is 0 Å². The number of hydrogen-bond acceptors (Lipinski definition) is 3. The molecule has 0 aliphatic heterocycles. The van der Waals surface area contributed by atoms with E-state index in [-0.39, 0.29) is 24.4 Å². The predicted octanol–water partition coefficient (Wildman–Crippen LogP) is 2.27. The quantitative estimate of drug-likeness (QED) is 0.771. The lowest BCUT2D eigenvalue weighted by Gasteiger charge is -2.31. The molecule has 0 fully saturated rings. The van der Waals surface area contributed by atoms with Gasteiger partial charge in [0, 0.05) is 24.7 Å². The maximum Gasteiger partial charge on any atom is 0.303 e. The molecular formula is C16H24N2O3. The number of carboxylic acid groups (broad SMARTS) is 1. The summed E-state index contributed by atoms with van der Waals surface area (Å²) in [5, 5.41) is 11.7. The van der Waals surface area contributed by atoms with Crippen molar-refractivity contribution < 1.29 is 14.7 Å². The van der Waals surface area contributed by atoms with Crippen molar-refractivity contribution >= 4 is 17.6 Å². The molecule has 0 heterocycles. The van der Waals surface area contributed by atoms with Gasteiger partial charge in [-0.1, -0.05) is 18.2 Å². The van der Waals surface area contributed by atoms with Gasteiger partial charge in [0.15, 0.2) is 0 Å². The predicted molar refractivity (Wildman–Crippen MR) is 83.4 cm³/mol. The first-order valence-corrected chi connectivity index (χ1v) is 7.25. The molecule has 1 rings (SSSR count). The first kappa shape index (κ1) is 17.0. The topological polar surface area (TPSA) is 69.6 Å². The maximum atomic E-state index is 12.2. The molecular weight excluding hydrogens is 268 g/mol. The SMILES string of the molecule is CC(C)NC(=O)C(C)N(CCCC(=O)O)c1ccccc1. The first-order valence-electron chi connectivity index (χ1n) is 7.25. The molecule has 1 amide bonds. The largest absolute Gasteiger partial charge is 0.481 e. The summed E-state index contributed by atoms with van der Waals surface area (Å²) in [6.07, 6.45) is 0.603. The van der Waals surface area contributed by atoms with Gasteiger partial charge in [-0.3, -0.25) is 9.59 Å². The lowest BCUT2D eigenvalue weighted by Crippen LogP contribution is -2.47. The lowest BCUT2D eigenvalue weighted by molar-refractivity contribution is -0.137. The average molecular weight is 292 g/mol. The van der Waals surface area contributed by atoms with Crippen molar-refractivity contribution in [1.29, 1.82) is 0 Å². The van der Waals surface area contributed by atoms with Crippen LogP contribution in [0, 0.1) is 0 Å². The Hall–Kier alpha value is -2.04. The molecule has 0 saturated heterocycles. The lowest BCUT2D eigenvalue weighted by atomic mass is 10.1. The van der Waals surface area contributed by atoms with Gasteiger partial charge in [-0.25, -0.2) is 0 Å². The number of aliphatic carboxylic acids is 1. The highest BCUT2D eigenvalue weighted by molar-refractivity contribution is 5.85. The van der Waals surface area contributed by atoms with Gasteiger partial charge in [0.1, 0.15) is 6.04 Å². The Kier molecular flexibility index (Phi) is 6.72. The second-order valence-electron chi connectivity index (χ2n) is 5.37. The molecule has 0 bridgehead atoms. The van der Waals surface area contributed by atoms with Gasteiger partial charge in [0.25, 0.3) is 0 Å². The molecule has 0 saturated carbocycles. The molecule has 0 aliphatic rings. The Morgan fingerprint density at radius 2 is 1.81 bits per heavy atom. The van der Waals surface area contributed by atoms with E-state index in [0.29, 0.717) is 13.0 Å². The van der Waals surface area contributed by atoms with Crippen molar-refractivity contribution in [2.45, 2.75) is 45.7 Å². The number of benzene rings is 1. The minimum Gasteiger partial charge on any atom is -0.481 e. The van der Waals surface area contributed by atoms with Crippen molar-refractivity contribution in [3.05, 3.63) is 30.3 Å². The van der Waals surface area contributed by atoms with Crippen LogP contribution < -0.4 is 10.2 Å². The number of carbonyl (C=O) groups is 2. The summed E-state index contributed by atoms with van der Waals surface area (Å²) in [5.41, 5.74) is 0.925. The fraction of sp³-hybridized carbons (Fsp3) is 0.500. The summed E-state index contributed by atoms with van der Waals surface area (Å²) in [7, 11) is 0. The summed E-state index contributed by atoms with van der Waals surface area (Å²) >= 11 is 0. The molecule has 116 valence electrons. The minimum atomic E-state index is -0.817. The van der Waals surface area contributed by atoms with Crippen LogP contribution in [0.5, 0.6) is 0 Å². The molecule has 21 heavy (non-hydrogen) atoms. The van der Waals surface area contributed by atoms with E-state index in [9.17, 15) is 9.59 Å². The number of anilines is 1. The number of nitrogens with zero attached hydrogens (tertiary/aromatic N) is 1. The Morgan fingerprint density at radius 3 is 2.33 bits per heavy atom. The number of carboxylic acids is 1. The van der Waals surface area contributed by atoms with E-state index in [0.717, 1.165) is 5.69 Å². The van der Waals surface area contributed by atoms with Gasteiger partial charge in [-0.2, -0.15) is 0 Å². The van der Waals surface area contributed by atoms with Crippen LogP contribution in [0.1, 0.15) is 33.6 Å². The van der Waals surface area contributed by atoms with Crippen molar-refractivity contribution in [3.63, 3.8) is 0 Å². The van der Waals surface area contributed by atoms with E-state index in [4.69, 9.17) is 5.11 Å². The molecule has 1 aromatic carbocycles. The molecule has 0 spiro atoms. The molecule has 0 radical (unpaired) electrons. The van der Waals surface area contributed by atoms with E-state index in [1.54, 1.807) is 0 Å². The highest BCUT2D eigenvalue weighted by Gasteiger charge is 2.22. The Morgan fingerprint density at radius 1 is 1.19 bits per heavy atom. The van der Waals surface area contributed by atoms with Crippen LogP contribution in [0.2, 0.25) is 0 Å². The third-order valence-corrected chi connectivity index (χ3v) is 3.16. The van der Waals surface area contributed by atoms with Crippen LogP contribution in [0.4, 0.5) is 5.69 Å². The standard InChI is InChI=1S/C16H24N2O3/c1-12(2)17-16(21)13(3)18(11-7-10-15(19)20)14-8-5-4-6-9-14/h4-6,8-9,12-13H,7,10-11H2,1-3H3,(H,17,21)(H,19,20). The Balaban J connectivity index is 2.80. The fourth-order valence-electron chi connectivity index (χ4n) is 2.11. The normalized spacial score (nSPS) is 12.0. The summed E-state index contributed by atoms with van der Waals surface area (Å²) in [4.78, 5) is 24.8. The molecule has 0 aliphatic carbocycles. The summed E-state index contributed by atoms with van der Waals surface area (Å²) < 4.78 is 0. The highest BCUT2D eigenvalue weighted by Crippen LogP contribution is 2.17. The zero-order valence-electron chi connectivity index (χ0n) is 12.9. The van der Waals surface area contributed by atoms with E-state index < -0.39 is 5.97 Å². The van der Waals surface area contributed by atoms with E-state index in [2.05, 4.69) is 5.32 Å². The number of hydrogen-bond donors (Lipinski definition) is 2. The molecule has 1 aromatic rings. The van der Waals surface area contributed by atoms with Gasteiger partial charge in [0.2, 0.25) is 5.91 Å². The van der Waals surface area contributed by atoms with Crippen molar-refractivity contribution in [1.82, 2.24) is 5.32 Å². The Bertz CT molecular complexity index is 460. The second-order valence-corrected chi connectivity index (χ2v) is 5.37. The number of nitrogens with one attached hydrogen (secondary N) is 1. The van der Waals surface area contributed by atoms with Gasteiger partial charge in [-0.15, -0.1) is 0 Å². The molecule has 1 unspecified atom stereocenters. The van der Waals surface area contributed by atoms with Crippen LogP contribution in [0.3, 0.4) is 0 Å². The summed E-state index contributed by atoms with van der Waals surface area (Å²) in [6.45, 7) is 6.21. The fourth-order valence-corrected chi connectivity index (χ4v) is 2.11. The van der Waals surface area contributed by atoms with Crippen LogP contribution in [-0.4, -0.2) is 35.6 Å². The van der Waals surface area contributed by atoms with Crippen molar-refractivity contribution in [2.75, 3.05) is 11.4 Å². The number of rotatable bonds is 8. The third-order valence-electron chi connectivity index (χ3n) is 3.16. The average Bonchev–Trinajstić information content (AvgIpc) is 2.43. The van der Waals surface area contributed by atoms with Gasteiger partial charge in [0.05, 0.1) is 0 Å². The summed E-state index contributed by atoms with van der Waals surface area (Å²) in [6, 6.07) is 9.33. The second kappa shape index (κ2) is 8.29. The zero-order valence-corrected chi connectivity index (χ0v) is 12.9. The Labute approximate surface area is 126 Å². The molecule has 1 atom stereocenters. The van der Waals surface area contributed by atoms with E-state index in [1.165, 1.54) is 0 Å². The zero-order chi connectivity index (χ0) is 15.8. The monoisotopic (exact) mass is 292 g/mol. The number of amides is 1. The summed E-state index contributed by atoms with van der Waals surface area (Å²) in [5.74, 6) is -0.869. The third kappa shape index (κ3) is 5.85. The minimum absolute atomic E-state index is 0.0517. The molecule has 5 heteroatoms. The maximum absolute atomic E-state index is 12.2. The van der Waals surface area contributed by atoms with E-state index in [1.807, 2.05) is 56.0 Å². The molecule has 0 aromatic heterocycles. The number of para-hydroxylation sites is 1. The highest BCUT2D eigenvalue weighted by atomic mass is 16.4. The van der Waals surface area contributed by atoms with Crippen LogP contribution >= 0.6 is 0 Å².